The van der Waals surface area contributed by atoms with Gasteiger partial charge in [-0.05, 0) is 15.9 Å². The predicted molar refractivity (Wildman–Crippen MR) is 78.5 cm³/mol. The highest BCUT2D eigenvalue weighted by molar-refractivity contribution is 9.10. The minimum absolute atomic E-state index is 0.133. The second-order valence-electron chi connectivity index (χ2n) is 4.22. The summed E-state index contributed by atoms with van der Waals surface area (Å²) in [6.07, 6.45) is 0. The summed E-state index contributed by atoms with van der Waals surface area (Å²) in [7, 11) is 1.53. The van der Waals surface area contributed by atoms with Gasteiger partial charge in [0, 0.05) is 12.6 Å². The van der Waals surface area contributed by atoms with Crippen LogP contribution in [0.5, 0.6) is 0 Å². The molecule has 0 aliphatic rings. The zero-order valence-corrected chi connectivity index (χ0v) is 12.0. The molecular formula is C13H9BrN4O2. The van der Waals surface area contributed by atoms with Gasteiger partial charge in [0.2, 0.25) is 0 Å². The van der Waals surface area contributed by atoms with E-state index in [0.29, 0.717) is 10.3 Å². The van der Waals surface area contributed by atoms with Gasteiger partial charge in [0.25, 0.3) is 5.56 Å². The molecule has 0 aliphatic heterocycles. The van der Waals surface area contributed by atoms with Gasteiger partial charge < -0.3 is 0 Å². The molecular weight excluding hydrogens is 324 g/mol. The third-order valence-electron chi connectivity index (χ3n) is 2.94. The number of rotatable bonds is 1. The Hall–Kier alpha value is -2.28. The molecule has 0 fully saturated rings. The second-order valence-corrected chi connectivity index (χ2v) is 4.97. The Bertz CT molecular complexity index is 915. The van der Waals surface area contributed by atoms with Crippen molar-refractivity contribution in [1.82, 2.24) is 19.5 Å². The van der Waals surface area contributed by atoms with Gasteiger partial charge in [0.15, 0.2) is 11.2 Å². The van der Waals surface area contributed by atoms with E-state index in [4.69, 9.17) is 0 Å². The van der Waals surface area contributed by atoms with Crippen molar-refractivity contribution >= 4 is 27.1 Å². The van der Waals surface area contributed by atoms with E-state index in [2.05, 4.69) is 30.9 Å². The number of nitrogens with zero attached hydrogens (tertiary/aromatic N) is 3. The van der Waals surface area contributed by atoms with E-state index in [9.17, 15) is 9.59 Å². The zero-order valence-electron chi connectivity index (χ0n) is 10.4. The van der Waals surface area contributed by atoms with Crippen LogP contribution in [0.4, 0.5) is 0 Å². The predicted octanol–water partition coefficient (Wildman–Crippen LogP) is 1.45. The first-order chi connectivity index (χ1) is 9.58. The monoisotopic (exact) mass is 332 g/mol. The summed E-state index contributed by atoms with van der Waals surface area (Å²) in [5.74, 6) is 0. The molecule has 0 amide bonds. The van der Waals surface area contributed by atoms with Crippen molar-refractivity contribution in [2.75, 3.05) is 0 Å². The van der Waals surface area contributed by atoms with Gasteiger partial charge in [-0.25, -0.2) is 14.8 Å². The number of aromatic nitrogens is 4. The zero-order chi connectivity index (χ0) is 14.3. The molecule has 0 saturated carbocycles. The van der Waals surface area contributed by atoms with E-state index >= 15 is 0 Å². The molecule has 6 nitrogen and oxygen atoms in total. The van der Waals surface area contributed by atoms with Crippen LogP contribution in [-0.4, -0.2) is 19.5 Å². The molecule has 1 aromatic carbocycles. The first kappa shape index (κ1) is 12.7. The molecule has 1 N–H and O–H groups in total. The van der Waals surface area contributed by atoms with Crippen LogP contribution < -0.4 is 11.2 Å². The maximum Gasteiger partial charge on any atom is 0.329 e. The number of benzene rings is 1. The Morgan fingerprint density at radius 2 is 1.85 bits per heavy atom. The van der Waals surface area contributed by atoms with Gasteiger partial charge in [-0.1, -0.05) is 30.3 Å². The van der Waals surface area contributed by atoms with Gasteiger partial charge in [-0.15, -0.1) is 0 Å². The van der Waals surface area contributed by atoms with Crippen LogP contribution in [-0.2, 0) is 7.05 Å². The third-order valence-corrected chi connectivity index (χ3v) is 3.49. The molecule has 20 heavy (non-hydrogen) atoms. The van der Waals surface area contributed by atoms with Crippen LogP contribution in [0.25, 0.3) is 22.4 Å². The normalized spacial score (nSPS) is 10.9. The minimum atomic E-state index is -0.541. The van der Waals surface area contributed by atoms with Gasteiger partial charge in [0.1, 0.15) is 10.3 Å². The Kier molecular flexibility index (Phi) is 2.98. The number of H-pyrrole nitrogens is 1. The van der Waals surface area contributed by atoms with E-state index < -0.39 is 11.2 Å². The highest BCUT2D eigenvalue weighted by Gasteiger charge is 2.13. The van der Waals surface area contributed by atoms with Crippen LogP contribution >= 0.6 is 15.9 Å². The molecule has 2 heterocycles. The molecule has 0 saturated heterocycles. The molecule has 3 rings (SSSR count). The first-order valence-electron chi connectivity index (χ1n) is 5.80. The molecule has 0 unspecified atom stereocenters. The minimum Gasteiger partial charge on any atom is -0.279 e. The summed E-state index contributed by atoms with van der Waals surface area (Å²) < 4.78 is 1.74. The maximum absolute atomic E-state index is 11.9. The van der Waals surface area contributed by atoms with Crippen molar-refractivity contribution in [1.29, 1.82) is 0 Å². The third kappa shape index (κ3) is 1.96. The van der Waals surface area contributed by atoms with E-state index in [0.717, 1.165) is 5.56 Å². The fraction of sp³-hybridized carbons (Fsp3) is 0.0769. The van der Waals surface area contributed by atoms with Crippen LogP contribution in [0.1, 0.15) is 0 Å². The molecule has 0 atom stereocenters. The van der Waals surface area contributed by atoms with Crippen molar-refractivity contribution in [2.45, 2.75) is 0 Å². The lowest BCUT2D eigenvalue weighted by Crippen LogP contribution is -2.29. The topological polar surface area (TPSA) is 80.6 Å². The van der Waals surface area contributed by atoms with Crippen molar-refractivity contribution in [2.24, 2.45) is 7.05 Å². The molecule has 7 heteroatoms. The number of hydrogen-bond donors (Lipinski definition) is 1. The molecule has 3 aromatic rings. The highest BCUT2D eigenvalue weighted by Crippen LogP contribution is 2.25. The number of fused-ring (bicyclic) bond motifs is 1. The summed E-state index contributed by atoms with van der Waals surface area (Å²) >= 11 is 3.34. The fourth-order valence-corrected chi connectivity index (χ4v) is 2.39. The quantitative estimate of drug-likeness (QED) is 0.731. The van der Waals surface area contributed by atoms with Gasteiger partial charge in [-0.3, -0.25) is 14.3 Å². The number of aromatic amines is 1. The molecule has 0 spiro atoms. The Labute approximate surface area is 121 Å². The Balaban J connectivity index is 2.42. The van der Waals surface area contributed by atoms with Crippen molar-refractivity contribution in [3.8, 4) is 11.3 Å². The summed E-state index contributed by atoms with van der Waals surface area (Å²) in [5.41, 5.74) is 0.708. The van der Waals surface area contributed by atoms with Gasteiger partial charge in [0.05, 0.1) is 0 Å². The van der Waals surface area contributed by atoms with Gasteiger partial charge in [-0.2, -0.15) is 0 Å². The average molecular weight is 333 g/mol. The first-order valence-corrected chi connectivity index (χ1v) is 6.59. The summed E-state index contributed by atoms with van der Waals surface area (Å²) in [5, 5.41) is 0. The molecule has 0 bridgehead atoms. The summed E-state index contributed by atoms with van der Waals surface area (Å²) in [4.78, 5) is 34.2. The van der Waals surface area contributed by atoms with Crippen molar-refractivity contribution in [3.63, 3.8) is 0 Å². The largest absolute Gasteiger partial charge is 0.329 e. The smallest absolute Gasteiger partial charge is 0.279 e. The fourth-order valence-electron chi connectivity index (χ4n) is 1.91. The van der Waals surface area contributed by atoms with E-state index in [1.165, 1.54) is 11.6 Å². The molecule has 0 aliphatic carbocycles. The SMILES string of the molecule is Cn1c(=O)[nH]c(=O)c2nc(-c3ccccc3)c(Br)nc21. The van der Waals surface area contributed by atoms with Crippen LogP contribution in [0.3, 0.4) is 0 Å². The van der Waals surface area contributed by atoms with Crippen LogP contribution in [0.2, 0.25) is 0 Å². The van der Waals surface area contributed by atoms with Crippen LogP contribution in [0.15, 0.2) is 44.5 Å². The maximum atomic E-state index is 11.9. The molecule has 2 aromatic heterocycles. The number of hydrogen-bond acceptors (Lipinski definition) is 4. The second kappa shape index (κ2) is 4.68. The van der Waals surface area contributed by atoms with Crippen molar-refractivity contribution in [3.05, 3.63) is 55.8 Å². The lowest BCUT2D eigenvalue weighted by molar-refractivity contribution is 0.822. The lowest BCUT2D eigenvalue weighted by Gasteiger charge is -2.07. The van der Waals surface area contributed by atoms with E-state index in [1.54, 1.807) is 0 Å². The molecule has 0 radical (unpaired) electrons. The number of aryl methyl sites for hydroxylation is 1. The Morgan fingerprint density at radius 1 is 1.15 bits per heavy atom. The van der Waals surface area contributed by atoms with Gasteiger partial charge >= 0.3 is 5.69 Å². The highest BCUT2D eigenvalue weighted by atomic mass is 79.9. The summed E-state index contributed by atoms with van der Waals surface area (Å²) in [6, 6.07) is 9.38. The number of nitrogens with one attached hydrogen (secondary N) is 1. The van der Waals surface area contributed by atoms with E-state index in [-0.39, 0.29) is 11.2 Å². The van der Waals surface area contributed by atoms with Crippen LogP contribution in [0, 0.1) is 0 Å². The summed E-state index contributed by atoms with van der Waals surface area (Å²) in [6.45, 7) is 0. The molecule has 100 valence electrons. The lowest BCUT2D eigenvalue weighted by atomic mass is 10.2. The van der Waals surface area contributed by atoms with Crippen molar-refractivity contribution < 1.29 is 0 Å². The standard InChI is InChI=1S/C13H9BrN4O2/c1-18-11-9(12(19)17-13(18)20)15-8(10(14)16-11)7-5-3-2-4-6-7/h2-6H,1H3,(H,17,19,20). The average Bonchev–Trinajstić information content (AvgIpc) is 2.45. The van der Waals surface area contributed by atoms with E-state index in [1.807, 2.05) is 30.3 Å². The number of halogens is 1. The Morgan fingerprint density at radius 3 is 2.55 bits per heavy atom.